The van der Waals surface area contributed by atoms with Gasteiger partial charge in [0, 0.05) is 30.6 Å². The topological polar surface area (TPSA) is 58.6 Å². The Morgan fingerprint density at radius 3 is 2.61 bits per heavy atom. The molecular weight excluding hydrogens is 230 g/mol. The first kappa shape index (κ1) is 15.2. The highest BCUT2D eigenvalue weighted by atomic mass is 16.5. The summed E-state index contributed by atoms with van der Waals surface area (Å²) in [5.74, 6) is -0.124. The van der Waals surface area contributed by atoms with Crippen LogP contribution in [0.15, 0.2) is 11.6 Å². The molecule has 0 spiro atoms. The summed E-state index contributed by atoms with van der Waals surface area (Å²) in [5, 5.41) is 13.3. The standard InChI is InChI=1S/C14H25NO3/c1-6-10(3)12(16)15-9-14(17)8-11(18-7-2)13(14,4)5/h6,11,17H,7-9H2,1-5H3,(H,15,16)/b10-6+/t11-,14+/m0/s1. The van der Waals surface area contributed by atoms with Crippen molar-refractivity contribution in [2.24, 2.45) is 5.41 Å². The van der Waals surface area contributed by atoms with E-state index in [2.05, 4.69) is 5.32 Å². The molecule has 0 aromatic carbocycles. The van der Waals surface area contributed by atoms with E-state index in [0.717, 1.165) is 0 Å². The number of nitrogens with one attached hydrogen (secondary N) is 1. The molecule has 0 aromatic heterocycles. The van der Waals surface area contributed by atoms with Gasteiger partial charge in [0.05, 0.1) is 11.7 Å². The summed E-state index contributed by atoms with van der Waals surface area (Å²) in [4.78, 5) is 11.7. The zero-order chi connectivity index (χ0) is 14.0. The Morgan fingerprint density at radius 1 is 1.56 bits per heavy atom. The Hall–Kier alpha value is -0.870. The normalized spacial score (nSPS) is 30.8. The maximum Gasteiger partial charge on any atom is 0.246 e. The van der Waals surface area contributed by atoms with E-state index in [-0.39, 0.29) is 24.0 Å². The van der Waals surface area contributed by atoms with Crippen molar-refractivity contribution < 1.29 is 14.6 Å². The molecule has 104 valence electrons. The van der Waals surface area contributed by atoms with Gasteiger partial charge in [0.15, 0.2) is 0 Å². The highest BCUT2D eigenvalue weighted by Gasteiger charge is 2.59. The summed E-state index contributed by atoms with van der Waals surface area (Å²) >= 11 is 0. The van der Waals surface area contributed by atoms with Crippen molar-refractivity contribution in [3.05, 3.63) is 11.6 Å². The van der Waals surface area contributed by atoms with E-state index in [9.17, 15) is 9.90 Å². The molecule has 0 aromatic rings. The van der Waals surface area contributed by atoms with E-state index in [1.54, 1.807) is 13.0 Å². The van der Waals surface area contributed by atoms with Crippen LogP contribution in [0.3, 0.4) is 0 Å². The molecule has 1 saturated carbocycles. The van der Waals surface area contributed by atoms with Crippen molar-refractivity contribution in [3.63, 3.8) is 0 Å². The lowest BCUT2D eigenvalue weighted by atomic mass is 9.56. The zero-order valence-electron chi connectivity index (χ0n) is 12.0. The smallest absolute Gasteiger partial charge is 0.246 e. The second-order valence-electron chi connectivity index (χ2n) is 5.56. The molecule has 0 heterocycles. The van der Waals surface area contributed by atoms with Gasteiger partial charge < -0.3 is 15.2 Å². The van der Waals surface area contributed by atoms with Crippen molar-refractivity contribution in [1.29, 1.82) is 0 Å². The van der Waals surface area contributed by atoms with Crippen LogP contribution in [0.4, 0.5) is 0 Å². The molecule has 2 atom stereocenters. The highest BCUT2D eigenvalue weighted by molar-refractivity contribution is 5.92. The predicted molar refractivity (Wildman–Crippen MR) is 71.2 cm³/mol. The van der Waals surface area contributed by atoms with Gasteiger partial charge in [-0.1, -0.05) is 19.9 Å². The molecule has 1 rings (SSSR count). The van der Waals surface area contributed by atoms with Gasteiger partial charge in [-0.15, -0.1) is 0 Å². The van der Waals surface area contributed by atoms with Crippen LogP contribution in [0.2, 0.25) is 0 Å². The zero-order valence-corrected chi connectivity index (χ0v) is 12.0. The molecule has 4 nitrogen and oxygen atoms in total. The van der Waals surface area contributed by atoms with Crippen molar-refractivity contribution >= 4 is 5.91 Å². The Morgan fingerprint density at radius 2 is 2.17 bits per heavy atom. The van der Waals surface area contributed by atoms with Gasteiger partial charge in [-0.05, 0) is 20.8 Å². The van der Waals surface area contributed by atoms with E-state index in [1.807, 2.05) is 27.7 Å². The number of rotatable bonds is 5. The third-order valence-electron chi connectivity index (χ3n) is 4.23. The van der Waals surface area contributed by atoms with Crippen LogP contribution in [0, 0.1) is 5.41 Å². The second kappa shape index (κ2) is 5.41. The molecule has 2 N–H and O–H groups in total. The van der Waals surface area contributed by atoms with E-state index >= 15 is 0 Å². The molecule has 1 aliphatic carbocycles. The van der Waals surface area contributed by atoms with E-state index < -0.39 is 5.60 Å². The second-order valence-corrected chi connectivity index (χ2v) is 5.56. The van der Waals surface area contributed by atoms with Gasteiger partial charge >= 0.3 is 0 Å². The van der Waals surface area contributed by atoms with Crippen molar-refractivity contribution in [2.45, 2.75) is 52.7 Å². The summed E-state index contributed by atoms with van der Waals surface area (Å²) in [6.45, 7) is 10.4. The highest BCUT2D eigenvalue weighted by Crippen LogP contribution is 2.50. The molecule has 1 amide bonds. The van der Waals surface area contributed by atoms with Gasteiger partial charge in [0.25, 0.3) is 0 Å². The largest absolute Gasteiger partial charge is 0.387 e. The molecule has 0 bridgehead atoms. The van der Waals surface area contributed by atoms with Crippen molar-refractivity contribution in [3.8, 4) is 0 Å². The first-order valence-corrected chi connectivity index (χ1v) is 6.53. The predicted octanol–water partition coefficient (Wildman–Crippen LogP) is 1.63. The fraction of sp³-hybridized carbons (Fsp3) is 0.786. The minimum Gasteiger partial charge on any atom is -0.387 e. The fourth-order valence-electron chi connectivity index (χ4n) is 2.26. The van der Waals surface area contributed by atoms with Crippen LogP contribution in [-0.4, -0.2) is 35.9 Å². The summed E-state index contributed by atoms with van der Waals surface area (Å²) in [5.41, 5.74) is -0.548. The summed E-state index contributed by atoms with van der Waals surface area (Å²) in [7, 11) is 0. The van der Waals surface area contributed by atoms with E-state index in [1.165, 1.54) is 0 Å². The molecule has 0 saturated heterocycles. The van der Waals surface area contributed by atoms with Gasteiger partial charge in [-0.3, -0.25) is 4.79 Å². The summed E-state index contributed by atoms with van der Waals surface area (Å²) < 4.78 is 5.58. The maximum absolute atomic E-state index is 11.7. The molecule has 1 aliphatic rings. The fourth-order valence-corrected chi connectivity index (χ4v) is 2.26. The van der Waals surface area contributed by atoms with Crippen molar-refractivity contribution in [1.82, 2.24) is 5.32 Å². The van der Waals surface area contributed by atoms with Crippen LogP contribution >= 0.6 is 0 Å². The van der Waals surface area contributed by atoms with Gasteiger partial charge in [-0.25, -0.2) is 0 Å². The Kier molecular flexibility index (Phi) is 4.56. The monoisotopic (exact) mass is 255 g/mol. The lowest BCUT2D eigenvalue weighted by Crippen LogP contribution is -2.68. The van der Waals surface area contributed by atoms with Crippen LogP contribution in [-0.2, 0) is 9.53 Å². The Labute approximate surface area is 109 Å². The Balaban J connectivity index is 2.56. The number of allylic oxidation sites excluding steroid dienone is 1. The number of aliphatic hydroxyl groups is 1. The van der Waals surface area contributed by atoms with Gasteiger partial charge in [-0.2, -0.15) is 0 Å². The lowest BCUT2D eigenvalue weighted by molar-refractivity contribution is -0.238. The van der Waals surface area contributed by atoms with Crippen LogP contribution < -0.4 is 5.32 Å². The minimum atomic E-state index is -0.878. The molecular formula is C14H25NO3. The maximum atomic E-state index is 11.7. The van der Waals surface area contributed by atoms with Crippen LogP contribution in [0.5, 0.6) is 0 Å². The van der Waals surface area contributed by atoms with Crippen LogP contribution in [0.25, 0.3) is 0 Å². The number of hydrogen-bond donors (Lipinski definition) is 2. The average molecular weight is 255 g/mol. The molecule has 0 radical (unpaired) electrons. The first-order chi connectivity index (χ1) is 8.28. The number of ether oxygens (including phenoxy) is 1. The third-order valence-corrected chi connectivity index (χ3v) is 4.23. The quantitative estimate of drug-likeness (QED) is 0.734. The molecule has 1 fully saturated rings. The van der Waals surface area contributed by atoms with Crippen LogP contribution in [0.1, 0.15) is 41.0 Å². The molecule has 0 aliphatic heterocycles. The third kappa shape index (κ3) is 2.59. The summed E-state index contributed by atoms with van der Waals surface area (Å²) in [6, 6.07) is 0. The van der Waals surface area contributed by atoms with E-state index in [4.69, 9.17) is 4.74 Å². The van der Waals surface area contributed by atoms with E-state index in [0.29, 0.717) is 18.6 Å². The average Bonchev–Trinajstić information content (AvgIpc) is 2.34. The first-order valence-electron chi connectivity index (χ1n) is 6.53. The number of carbonyl (C=O) groups excluding carboxylic acids is 1. The number of carbonyl (C=O) groups is 1. The molecule has 0 unspecified atom stereocenters. The van der Waals surface area contributed by atoms with Crippen molar-refractivity contribution in [2.75, 3.05) is 13.2 Å². The molecule has 18 heavy (non-hydrogen) atoms. The molecule has 4 heteroatoms. The van der Waals surface area contributed by atoms with Gasteiger partial charge in [0.1, 0.15) is 0 Å². The van der Waals surface area contributed by atoms with Gasteiger partial charge in [0.2, 0.25) is 5.91 Å². The lowest BCUT2D eigenvalue weighted by Gasteiger charge is -2.57. The minimum absolute atomic E-state index is 0.0622. The number of amides is 1. The summed E-state index contributed by atoms with van der Waals surface area (Å²) in [6.07, 6.45) is 2.39. The SMILES string of the molecule is C/C=C(\C)C(=O)NC[C@]1(O)C[C@H](OCC)C1(C)C. The Bertz CT molecular complexity index is 349. The number of hydrogen-bond acceptors (Lipinski definition) is 3.